The fourth-order valence-corrected chi connectivity index (χ4v) is 1.51. The van der Waals surface area contributed by atoms with Crippen molar-refractivity contribution in [1.82, 2.24) is 20.9 Å². The predicted molar refractivity (Wildman–Crippen MR) is 71.0 cm³/mol. The topological polar surface area (TPSA) is 73.5 Å². The highest BCUT2D eigenvalue weighted by Gasteiger charge is 2.23. The summed E-state index contributed by atoms with van der Waals surface area (Å²) >= 11 is 0. The van der Waals surface area contributed by atoms with Gasteiger partial charge in [-0.3, -0.25) is 15.0 Å². The van der Waals surface area contributed by atoms with Gasteiger partial charge in [0.2, 0.25) is 5.91 Å². The first-order valence-corrected chi connectivity index (χ1v) is 5.12. The molecule has 1 aliphatic rings. The van der Waals surface area contributed by atoms with Crippen molar-refractivity contribution in [1.29, 1.82) is 0 Å². The Morgan fingerprint density at radius 2 is 1.76 bits per heavy atom. The standard InChI is InChI=1S/C9H18N4O2.2ClH/c1-7(8(14)12-9(15)10-2)13-5-3-11-4-6-13;;/h7,11H,3-6H2,1-2H3,(H2,10,12,14,15);2*1H. The van der Waals surface area contributed by atoms with Gasteiger partial charge in [0.05, 0.1) is 6.04 Å². The molecule has 8 heteroatoms. The summed E-state index contributed by atoms with van der Waals surface area (Å²) in [7, 11) is 1.48. The Balaban J connectivity index is 0. The molecule has 3 amide bonds. The van der Waals surface area contributed by atoms with Gasteiger partial charge in [-0.05, 0) is 6.92 Å². The average molecular weight is 287 g/mol. The number of rotatable bonds is 2. The minimum Gasteiger partial charge on any atom is -0.341 e. The third kappa shape index (κ3) is 6.07. The highest BCUT2D eigenvalue weighted by Crippen LogP contribution is 2.00. The van der Waals surface area contributed by atoms with Gasteiger partial charge in [-0.25, -0.2) is 4.79 Å². The summed E-state index contributed by atoms with van der Waals surface area (Å²) in [5.74, 6) is -0.253. The molecule has 0 saturated carbocycles. The smallest absolute Gasteiger partial charge is 0.321 e. The number of carbonyl (C=O) groups excluding carboxylic acids is 2. The minimum absolute atomic E-state index is 0. The van der Waals surface area contributed by atoms with E-state index in [9.17, 15) is 9.59 Å². The van der Waals surface area contributed by atoms with Crippen LogP contribution in [0.3, 0.4) is 0 Å². The van der Waals surface area contributed by atoms with Gasteiger partial charge in [0.1, 0.15) is 0 Å². The summed E-state index contributed by atoms with van der Waals surface area (Å²) in [5.41, 5.74) is 0. The van der Waals surface area contributed by atoms with Crippen LogP contribution >= 0.6 is 24.8 Å². The summed E-state index contributed by atoms with van der Waals surface area (Å²) in [6.45, 7) is 5.25. The quantitative estimate of drug-likeness (QED) is 0.645. The van der Waals surface area contributed by atoms with Gasteiger partial charge >= 0.3 is 6.03 Å². The van der Waals surface area contributed by atoms with Gasteiger partial charge in [-0.15, -0.1) is 24.8 Å². The fraction of sp³-hybridized carbons (Fsp3) is 0.778. The first-order chi connectivity index (χ1) is 7.15. The van der Waals surface area contributed by atoms with Crippen molar-refractivity contribution in [3.05, 3.63) is 0 Å². The summed E-state index contributed by atoms with van der Waals surface area (Å²) < 4.78 is 0. The second-order valence-electron chi connectivity index (χ2n) is 3.53. The molecule has 1 aliphatic heterocycles. The Morgan fingerprint density at radius 3 is 2.24 bits per heavy atom. The number of hydrogen-bond donors (Lipinski definition) is 3. The van der Waals surface area contributed by atoms with Crippen molar-refractivity contribution in [2.24, 2.45) is 0 Å². The summed E-state index contributed by atoms with van der Waals surface area (Å²) in [5, 5.41) is 7.84. The maximum absolute atomic E-state index is 11.6. The molecule has 1 saturated heterocycles. The lowest BCUT2D eigenvalue weighted by Gasteiger charge is -2.31. The molecular weight excluding hydrogens is 267 g/mol. The van der Waals surface area contributed by atoms with Crippen LogP contribution in [0.5, 0.6) is 0 Å². The van der Waals surface area contributed by atoms with E-state index in [0.717, 1.165) is 26.2 Å². The van der Waals surface area contributed by atoms with E-state index in [1.165, 1.54) is 7.05 Å². The van der Waals surface area contributed by atoms with Gasteiger partial charge in [0.25, 0.3) is 0 Å². The lowest BCUT2D eigenvalue weighted by Crippen LogP contribution is -2.54. The van der Waals surface area contributed by atoms with E-state index in [0.29, 0.717) is 0 Å². The molecule has 0 aromatic carbocycles. The maximum atomic E-state index is 11.6. The molecular formula is C9H20Cl2N4O2. The molecule has 0 bridgehead atoms. The molecule has 0 aromatic heterocycles. The number of carbonyl (C=O) groups is 2. The third-order valence-electron chi connectivity index (χ3n) is 2.54. The van der Waals surface area contributed by atoms with Gasteiger partial charge in [0, 0.05) is 33.2 Å². The minimum atomic E-state index is -0.456. The number of urea groups is 1. The second kappa shape index (κ2) is 9.47. The molecule has 0 radical (unpaired) electrons. The van der Waals surface area contributed by atoms with E-state index in [2.05, 4.69) is 20.9 Å². The molecule has 17 heavy (non-hydrogen) atoms. The number of imide groups is 1. The zero-order chi connectivity index (χ0) is 11.3. The molecule has 1 unspecified atom stereocenters. The predicted octanol–water partition coefficient (Wildman–Crippen LogP) is -0.421. The second-order valence-corrected chi connectivity index (χ2v) is 3.53. The number of halogens is 2. The zero-order valence-corrected chi connectivity index (χ0v) is 11.6. The SMILES string of the molecule is CNC(=O)NC(=O)C(C)N1CCNCC1.Cl.Cl. The lowest BCUT2D eigenvalue weighted by atomic mass is 10.2. The van der Waals surface area contributed by atoms with Crippen LogP contribution in [0.4, 0.5) is 4.79 Å². The number of amides is 3. The van der Waals surface area contributed by atoms with Crippen molar-refractivity contribution >= 4 is 36.8 Å². The molecule has 3 N–H and O–H groups in total. The third-order valence-corrected chi connectivity index (χ3v) is 2.54. The molecule has 0 spiro atoms. The fourth-order valence-electron chi connectivity index (χ4n) is 1.51. The monoisotopic (exact) mass is 286 g/mol. The molecule has 6 nitrogen and oxygen atoms in total. The van der Waals surface area contributed by atoms with Gasteiger partial charge in [-0.1, -0.05) is 0 Å². The first-order valence-electron chi connectivity index (χ1n) is 5.12. The molecule has 1 rings (SSSR count). The Bertz CT molecular complexity index is 247. The van der Waals surface area contributed by atoms with Crippen LogP contribution in [0.25, 0.3) is 0 Å². The van der Waals surface area contributed by atoms with E-state index >= 15 is 0 Å². The van der Waals surface area contributed by atoms with Crippen LogP contribution in [-0.4, -0.2) is 56.1 Å². The Kier molecular flexibility index (Phi) is 10.5. The van der Waals surface area contributed by atoms with E-state index in [4.69, 9.17) is 0 Å². The van der Waals surface area contributed by atoms with Crippen LogP contribution < -0.4 is 16.0 Å². The maximum Gasteiger partial charge on any atom is 0.321 e. The van der Waals surface area contributed by atoms with Crippen molar-refractivity contribution < 1.29 is 9.59 Å². The van der Waals surface area contributed by atoms with Crippen LogP contribution in [-0.2, 0) is 4.79 Å². The highest BCUT2D eigenvalue weighted by molar-refractivity contribution is 5.96. The Morgan fingerprint density at radius 1 is 1.24 bits per heavy atom. The number of piperazine rings is 1. The number of nitrogens with zero attached hydrogens (tertiary/aromatic N) is 1. The largest absolute Gasteiger partial charge is 0.341 e. The van der Waals surface area contributed by atoms with Gasteiger partial charge < -0.3 is 10.6 Å². The van der Waals surface area contributed by atoms with Crippen LogP contribution in [0.2, 0.25) is 0 Å². The lowest BCUT2D eigenvalue weighted by molar-refractivity contribution is -0.124. The number of nitrogens with one attached hydrogen (secondary N) is 3. The van der Waals surface area contributed by atoms with Crippen LogP contribution in [0.15, 0.2) is 0 Å². The van der Waals surface area contributed by atoms with E-state index in [1.807, 2.05) is 6.92 Å². The van der Waals surface area contributed by atoms with Crippen molar-refractivity contribution in [3.63, 3.8) is 0 Å². The molecule has 0 aliphatic carbocycles. The highest BCUT2D eigenvalue weighted by atomic mass is 35.5. The number of hydrogen-bond acceptors (Lipinski definition) is 4. The average Bonchev–Trinajstić information content (AvgIpc) is 2.29. The molecule has 102 valence electrons. The van der Waals surface area contributed by atoms with Crippen molar-refractivity contribution in [2.45, 2.75) is 13.0 Å². The first kappa shape index (κ1) is 18.8. The van der Waals surface area contributed by atoms with E-state index < -0.39 is 6.03 Å². The normalized spacial score (nSPS) is 17.1. The Labute approximate surface area is 114 Å². The summed E-state index contributed by atoms with van der Waals surface area (Å²) in [4.78, 5) is 24.6. The Hall–Kier alpha value is -0.560. The van der Waals surface area contributed by atoms with E-state index in [1.54, 1.807) is 0 Å². The summed E-state index contributed by atoms with van der Waals surface area (Å²) in [6.07, 6.45) is 0. The van der Waals surface area contributed by atoms with Crippen LogP contribution in [0.1, 0.15) is 6.92 Å². The van der Waals surface area contributed by atoms with Crippen molar-refractivity contribution in [2.75, 3.05) is 33.2 Å². The van der Waals surface area contributed by atoms with Crippen molar-refractivity contribution in [3.8, 4) is 0 Å². The molecule has 1 atom stereocenters. The van der Waals surface area contributed by atoms with Crippen LogP contribution in [0, 0.1) is 0 Å². The summed E-state index contributed by atoms with van der Waals surface area (Å²) in [6, 6.07) is -0.716. The van der Waals surface area contributed by atoms with Gasteiger partial charge in [0.15, 0.2) is 0 Å². The zero-order valence-electron chi connectivity index (χ0n) is 9.99. The molecule has 1 heterocycles. The molecule has 0 aromatic rings. The van der Waals surface area contributed by atoms with Gasteiger partial charge in [-0.2, -0.15) is 0 Å². The van der Waals surface area contributed by atoms with E-state index in [-0.39, 0.29) is 36.8 Å². The molecule has 1 fully saturated rings.